The quantitative estimate of drug-likeness (QED) is 0.376. The molecule has 3 aliphatic rings. The van der Waals surface area contributed by atoms with Crippen LogP contribution >= 0.6 is 0 Å². The Hall–Kier alpha value is -3.34. The third-order valence-electron chi connectivity index (χ3n) is 7.76. The zero-order valence-corrected chi connectivity index (χ0v) is 19.9. The van der Waals surface area contributed by atoms with Crippen molar-refractivity contribution in [2.45, 2.75) is 62.8 Å². The first-order valence-electron chi connectivity index (χ1n) is 12.2. The van der Waals surface area contributed by atoms with E-state index in [9.17, 15) is 14.3 Å². The van der Waals surface area contributed by atoms with E-state index >= 15 is 0 Å². The molecule has 3 fully saturated rings. The molecule has 0 aromatic carbocycles. The molecule has 0 amide bonds. The van der Waals surface area contributed by atoms with E-state index in [0.29, 0.717) is 53.6 Å². The minimum atomic E-state index is -0.857. The number of H-pyrrole nitrogens is 1. The van der Waals surface area contributed by atoms with Gasteiger partial charge in [-0.2, -0.15) is 0 Å². The minimum absolute atomic E-state index is 0.120. The number of halogens is 1. The molecule has 2 aliphatic heterocycles. The van der Waals surface area contributed by atoms with Gasteiger partial charge in [0.15, 0.2) is 0 Å². The molecular formula is C26H27FN6O3. The highest BCUT2D eigenvalue weighted by atomic mass is 19.1. The highest BCUT2D eigenvalue weighted by molar-refractivity contribution is 5.78. The summed E-state index contributed by atoms with van der Waals surface area (Å²) in [5, 5.41) is 14.9. The van der Waals surface area contributed by atoms with Crippen molar-refractivity contribution < 1.29 is 14.2 Å². The number of aliphatic hydroxyl groups excluding tert-OH is 1. The first-order chi connectivity index (χ1) is 17.3. The van der Waals surface area contributed by atoms with Crippen molar-refractivity contribution in [2.75, 3.05) is 6.61 Å². The van der Waals surface area contributed by atoms with Crippen LogP contribution in [0.2, 0.25) is 0 Å². The van der Waals surface area contributed by atoms with Crippen molar-refractivity contribution in [2.24, 2.45) is 0 Å². The molecule has 4 aromatic rings. The van der Waals surface area contributed by atoms with Crippen molar-refractivity contribution in [1.29, 1.82) is 0 Å². The Kier molecular flexibility index (Phi) is 5.55. The fourth-order valence-electron chi connectivity index (χ4n) is 5.51. The predicted octanol–water partition coefficient (Wildman–Crippen LogP) is 2.48. The monoisotopic (exact) mass is 490 g/mol. The second-order valence-electron chi connectivity index (χ2n) is 10.1. The van der Waals surface area contributed by atoms with Gasteiger partial charge in [0.25, 0.3) is 5.56 Å². The Labute approximate surface area is 206 Å². The number of aryl methyl sites for hydroxylation is 1. The summed E-state index contributed by atoms with van der Waals surface area (Å²) >= 11 is 0. The topological polar surface area (TPSA) is 126 Å². The van der Waals surface area contributed by atoms with Crippen LogP contribution in [-0.2, 0) is 17.7 Å². The van der Waals surface area contributed by atoms with Gasteiger partial charge in [-0.3, -0.25) is 19.7 Å². The highest BCUT2D eigenvalue weighted by Crippen LogP contribution is 2.46. The van der Waals surface area contributed by atoms with E-state index in [0.717, 1.165) is 24.2 Å². The fourth-order valence-corrected chi connectivity index (χ4v) is 5.51. The molecule has 3 N–H and O–H groups in total. The normalized spacial score (nSPS) is 24.4. The number of ether oxygens (including phenoxy) is 1. The van der Waals surface area contributed by atoms with Crippen LogP contribution in [0.15, 0.2) is 41.6 Å². The average Bonchev–Trinajstić information content (AvgIpc) is 2.90. The van der Waals surface area contributed by atoms with E-state index in [1.165, 1.54) is 12.4 Å². The zero-order valence-electron chi connectivity index (χ0n) is 19.9. The lowest BCUT2D eigenvalue weighted by atomic mass is 9.68. The van der Waals surface area contributed by atoms with E-state index < -0.39 is 17.5 Å². The maximum Gasteiger partial charge on any atom is 0.266 e. The SMILES string of the molecule is Cc1ccc2ncc(F)c(CC(O)C34CCC(NCc5cc6[nH]c(=O)cnc6cn5)(CC3)CO4)c2n1. The Morgan fingerprint density at radius 2 is 1.94 bits per heavy atom. The summed E-state index contributed by atoms with van der Waals surface area (Å²) in [4.78, 5) is 31.5. The van der Waals surface area contributed by atoms with Crippen LogP contribution in [0, 0.1) is 12.7 Å². The molecule has 1 saturated carbocycles. The second kappa shape index (κ2) is 8.65. The van der Waals surface area contributed by atoms with Crippen LogP contribution < -0.4 is 10.9 Å². The van der Waals surface area contributed by atoms with E-state index in [1.54, 1.807) is 6.20 Å². The van der Waals surface area contributed by atoms with Gasteiger partial charge in [-0.1, -0.05) is 0 Å². The molecule has 1 unspecified atom stereocenters. The highest BCUT2D eigenvalue weighted by Gasteiger charge is 2.53. The number of nitrogens with one attached hydrogen (secondary N) is 2. The van der Waals surface area contributed by atoms with E-state index in [1.807, 2.05) is 25.1 Å². The van der Waals surface area contributed by atoms with Gasteiger partial charge < -0.3 is 20.1 Å². The number of aromatic nitrogens is 5. The Morgan fingerprint density at radius 1 is 1.14 bits per heavy atom. The lowest BCUT2D eigenvalue weighted by Gasteiger charge is -2.55. The predicted molar refractivity (Wildman–Crippen MR) is 131 cm³/mol. The Balaban J connectivity index is 1.15. The maximum absolute atomic E-state index is 14.8. The number of fused-ring (bicyclic) bond motifs is 5. The van der Waals surface area contributed by atoms with E-state index in [4.69, 9.17) is 4.74 Å². The summed E-state index contributed by atoms with van der Waals surface area (Å²) in [5.74, 6) is -0.460. The molecule has 2 bridgehead atoms. The number of aliphatic hydroxyl groups is 1. The molecule has 1 aliphatic carbocycles. The van der Waals surface area contributed by atoms with Crippen molar-refractivity contribution in [3.8, 4) is 0 Å². The molecule has 0 radical (unpaired) electrons. The number of nitrogens with zero attached hydrogens (tertiary/aromatic N) is 4. The van der Waals surface area contributed by atoms with Gasteiger partial charge in [0, 0.05) is 29.8 Å². The number of pyridine rings is 3. The molecule has 10 heteroatoms. The van der Waals surface area contributed by atoms with E-state index in [-0.39, 0.29) is 17.5 Å². The van der Waals surface area contributed by atoms with E-state index in [2.05, 4.69) is 30.2 Å². The van der Waals surface area contributed by atoms with Crippen LogP contribution in [0.5, 0.6) is 0 Å². The molecule has 9 nitrogen and oxygen atoms in total. The Morgan fingerprint density at radius 3 is 2.72 bits per heavy atom. The molecule has 0 spiro atoms. The van der Waals surface area contributed by atoms with Gasteiger partial charge in [0.1, 0.15) is 11.3 Å². The molecule has 186 valence electrons. The molecule has 36 heavy (non-hydrogen) atoms. The van der Waals surface area contributed by atoms with Gasteiger partial charge in [0.2, 0.25) is 0 Å². The van der Waals surface area contributed by atoms with Crippen molar-refractivity contribution in [1.82, 2.24) is 30.2 Å². The second-order valence-corrected chi connectivity index (χ2v) is 10.1. The Bertz CT molecular complexity index is 1490. The molecule has 1 atom stereocenters. The number of hydrogen-bond acceptors (Lipinski definition) is 8. The zero-order chi connectivity index (χ0) is 24.9. The maximum atomic E-state index is 14.8. The summed E-state index contributed by atoms with van der Waals surface area (Å²) in [7, 11) is 0. The summed E-state index contributed by atoms with van der Waals surface area (Å²) in [6.45, 7) is 2.82. The lowest BCUT2D eigenvalue weighted by Crippen LogP contribution is -2.65. The van der Waals surface area contributed by atoms with Gasteiger partial charge in [-0.05, 0) is 50.8 Å². The average molecular weight is 491 g/mol. The van der Waals surface area contributed by atoms with Crippen LogP contribution in [0.4, 0.5) is 4.39 Å². The summed E-state index contributed by atoms with van der Waals surface area (Å²) in [5.41, 5.74) is 3.17. The number of aromatic amines is 1. The lowest BCUT2D eigenvalue weighted by molar-refractivity contribution is -0.208. The fraction of sp³-hybridized carbons (Fsp3) is 0.423. The van der Waals surface area contributed by atoms with Gasteiger partial charge in [0.05, 0.1) is 59.1 Å². The molecule has 2 saturated heterocycles. The number of hydrogen-bond donors (Lipinski definition) is 3. The van der Waals surface area contributed by atoms with Crippen molar-refractivity contribution in [3.63, 3.8) is 0 Å². The van der Waals surface area contributed by atoms with Crippen LogP contribution in [0.3, 0.4) is 0 Å². The molecule has 7 rings (SSSR count). The standard InChI is InChI=1S/C26H27FN6O3/c1-15-2-3-19-24(32-15)17(18(27)11-29-19)9-22(34)26-6-4-25(5-7-26,14-36-26)31-10-16-8-20-21(12-28-16)30-13-23(35)33-20/h2-3,8,11-13,22,31,34H,4-7,9-10,14H2,1H3,(H,33,35). The van der Waals surface area contributed by atoms with Crippen LogP contribution in [0.25, 0.3) is 22.1 Å². The summed E-state index contributed by atoms with van der Waals surface area (Å²) < 4.78 is 21.1. The third kappa shape index (κ3) is 4.04. The third-order valence-corrected chi connectivity index (χ3v) is 7.76. The van der Waals surface area contributed by atoms with Gasteiger partial charge >= 0.3 is 0 Å². The molecule has 6 heterocycles. The summed E-state index contributed by atoms with van der Waals surface area (Å²) in [6.07, 6.45) is 6.34. The number of rotatable bonds is 6. The summed E-state index contributed by atoms with van der Waals surface area (Å²) in [6, 6.07) is 5.49. The first kappa shape index (κ1) is 23.1. The first-order valence-corrected chi connectivity index (χ1v) is 12.2. The van der Waals surface area contributed by atoms with Crippen LogP contribution in [0.1, 0.15) is 42.6 Å². The van der Waals surface area contributed by atoms with Crippen molar-refractivity contribution in [3.05, 3.63) is 69.9 Å². The largest absolute Gasteiger partial charge is 0.390 e. The van der Waals surface area contributed by atoms with Gasteiger partial charge in [-0.15, -0.1) is 0 Å². The van der Waals surface area contributed by atoms with Gasteiger partial charge in [-0.25, -0.2) is 9.37 Å². The molecular weight excluding hydrogens is 463 g/mol. The molecule has 4 aromatic heterocycles. The van der Waals surface area contributed by atoms with Crippen LogP contribution in [-0.4, -0.2) is 53.9 Å². The minimum Gasteiger partial charge on any atom is -0.390 e. The van der Waals surface area contributed by atoms with Crippen molar-refractivity contribution >= 4 is 22.1 Å². The smallest absolute Gasteiger partial charge is 0.266 e.